The minimum absolute atomic E-state index is 0.0806. The third-order valence-corrected chi connectivity index (χ3v) is 7.44. The molecule has 2 fully saturated rings. The summed E-state index contributed by atoms with van der Waals surface area (Å²) < 4.78 is 27.4. The van der Waals surface area contributed by atoms with Crippen LogP contribution in [-0.2, 0) is 10.0 Å². The summed E-state index contributed by atoms with van der Waals surface area (Å²) in [6.07, 6.45) is 4.18. The van der Waals surface area contributed by atoms with Crippen molar-refractivity contribution >= 4 is 21.8 Å². The van der Waals surface area contributed by atoms with E-state index in [1.54, 1.807) is 0 Å². The molecule has 1 N–H and O–H groups in total. The number of imide groups is 1. The van der Waals surface area contributed by atoms with E-state index in [4.69, 9.17) is 0 Å². The van der Waals surface area contributed by atoms with Crippen LogP contribution in [0, 0.1) is 5.92 Å². The van der Waals surface area contributed by atoms with E-state index in [1.807, 2.05) is 0 Å². The highest BCUT2D eigenvalue weighted by atomic mass is 32.2. The molecule has 1 aliphatic carbocycles. The second-order valence-corrected chi connectivity index (χ2v) is 9.34. The van der Waals surface area contributed by atoms with Crippen molar-refractivity contribution in [3.05, 3.63) is 29.3 Å². The number of nitrogens with one attached hydrogen (secondary N) is 1. The van der Waals surface area contributed by atoms with Crippen LogP contribution < -0.4 is 5.32 Å². The van der Waals surface area contributed by atoms with Gasteiger partial charge < -0.3 is 5.32 Å². The van der Waals surface area contributed by atoms with Crippen molar-refractivity contribution in [2.75, 3.05) is 26.7 Å². The molecule has 1 saturated carbocycles. The van der Waals surface area contributed by atoms with Gasteiger partial charge in [-0.3, -0.25) is 14.5 Å². The molecule has 1 aromatic carbocycles. The molecule has 0 spiro atoms. The molecule has 2 amide bonds. The Labute approximate surface area is 153 Å². The molecule has 2 heterocycles. The summed E-state index contributed by atoms with van der Waals surface area (Å²) in [7, 11) is -2.26. The SMILES string of the molecule is CN1C(=O)c2ccc(S(=O)(=O)N3CCC(NCC4CC4)CC3)cc2C1=O. The number of nitrogens with zero attached hydrogens (tertiary/aromatic N) is 2. The van der Waals surface area contributed by atoms with Gasteiger partial charge in [-0.25, -0.2) is 8.42 Å². The molecule has 0 aromatic heterocycles. The van der Waals surface area contributed by atoms with Gasteiger partial charge in [-0.2, -0.15) is 4.31 Å². The Kier molecular flexibility index (Phi) is 4.37. The molecule has 7 nitrogen and oxygen atoms in total. The standard InChI is InChI=1S/C18H23N3O4S/c1-20-17(22)15-5-4-14(10-16(15)18(20)23)26(24,25)21-8-6-13(7-9-21)19-11-12-2-3-12/h4-5,10,12-13,19H,2-3,6-9,11H2,1H3. The Balaban J connectivity index is 1.47. The van der Waals surface area contributed by atoms with Gasteiger partial charge in [0.25, 0.3) is 11.8 Å². The van der Waals surface area contributed by atoms with Crippen molar-refractivity contribution in [2.24, 2.45) is 5.92 Å². The number of piperidine rings is 1. The zero-order valence-corrected chi connectivity index (χ0v) is 15.6. The van der Waals surface area contributed by atoms with Crippen LogP contribution in [0.5, 0.6) is 0 Å². The molecule has 1 saturated heterocycles. The highest BCUT2D eigenvalue weighted by Gasteiger charge is 2.36. The second-order valence-electron chi connectivity index (χ2n) is 7.41. The minimum atomic E-state index is -3.66. The predicted octanol–water partition coefficient (Wildman–Crippen LogP) is 1.07. The Morgan fingerprint density at radius 2 is 1.69 bits per heavy atom. The quantitative estimate of drug-likeness (QED) is 0.776. The number of sulfonamides is 1. The summed E-state index contributed by atoms with van der Waals surface area (Å²) in [5.74, 6) is -0.0388. The maximum atomic E-state index is 12.9. The first-order valence-corrected chi connectivity index (χ1v) is 10.5. The zero-order chi connectivity index (χ0) is 18.5. The van der Waals surface area contributed by atoms with Gasteiger partial charge in [0.2, 0.25) is 10.0 Å². The monoisotopic (exact) mass is 377 g/mol. The molecule has 0 atom stereocenters. The van der Waals surface area contributed by atoms with E-state index in [9.17, 15) is 18.0 Å². The molecule has 0 bridgehead atoms. The summed E-state index contributed by atoms with van der Waals surface area (Å²) in [6.45, 7) is 1.97. The summed E-state index contributed by atoms with van der Waals surface area (Å²) in [6, 6.07) is 4.58. The molecule has 2 aliphatic heterocycles. The predicted molar refractivity (Wildman–Crippen MR) is 95.4 cm³/mol. The van der Waals surface area contributed by atoms with E-state index in [-0.39, 0.29) is 16.0 Å². The summed E-state index contributed by atoms with van der Waals surface area (Å²) in [4.78, 5) is 25.2. The van der Waals surface area contributed by atoms with Gasteiger partial charge in [0.05, 0.1) is 16.0 Å². The van der Waals surface area contributed by atoms with Crippen LogP contribution >= 0.6 is 0 Å². The lowest BCUT2D eigenvalue weighted by Crippen LogP contribution is -2.45. The van der Waals surface area contributed by atoms with Gasteiger partial charge in [0.15, 0.2) is 0 Å². The summed E-state index contributed by atoms with van der Waals surface area (Å²) in [5.41, 5.74) is 0.430. The van der Waals surface area contributed by atoms with Crippen LogP contribution in [0.3, 0.4) is 0 Å². The number of amides is 2. The van der Waals surface area contributed by atoms with Gasteiger partial charge >= 0.3 is 0 Å². The highest BCUT2D eigenvalue weighted by molar-refractivity contribution is 7.89. The first-order chi connectivity index (χ1) is 12.4. The zero-order valence-electron chi connectivity index (χ0n) is 14.8. The number of rotatable bonds is 5. The Morgan fingerprint density at radius 3 is 2.35 bits per heavy atom. The van der Waals surface area contributed by atoms with E-state index in [0.29, 0.717) is 19.1 Å². The van der Waals surface area contributed by atoms with Crippen molar-refractivity contribution < 1.29 is 18.0 Å². The number of benzene rings is 1. The maximum absolute atomic E-state index is 12.9. The number of hydrogen-bond donors (Lipinski definition) is 1. The summed E-state index contributed by atoms with van der Waals surface area (Å²) in [5, 5.41) is 3.54. The fourth-order valence-electron chi connectivity index (χ4n) is 3.61. The van der Waals surface area contributed by atoms with E-state index in [2.05, 4.69) is 5.32 Å². The molecular weight excluding hydrogens is 354 g/mol. The third-order valence-electron chi connectivity index (χ3n) is 5.54. The average molecular weight is 377 g/mol. The molecule has 140 valence electrons. The fourth-order valence-corrected chi connectivity index (χ4v) is 5.10. The van der Waals surface area contributed by atoms with E-state index >= 15 is 0 Å². The Hall–Kier alpha value is -1.77. The van der Waals surface area contributed by atoms with Gasteiger partial charge in [0.1, 0.15) is 0 Å². The molecule has 0 radical (unpaired) electrons. The van der Waals surface area contributed by atoms with Crippen LogP contribution in [-0.4, -0.2) is 62.2 Å². The minimum Gasteiger partial charge on any atom is -0.314 e. The fraction of sp³-hybridized carbons (Fsp3) is 0.556. The van der Waals surface area contributed by atoms with Crippen LogP contribution in [0.2, 0.25) is 0 Å². The molecule has 1 aromatic rings. The van der Waals surface area contributed by atoms with Crippen molar-refractivity contribution in [3.8, 4) is 0 Å². The number of carbonyl (C=O) groups excluding carboxylic acids is 2. The molecule has 0 unspecified atom stereocenters. The molecule has 4 rings (SSSR count). The molecule has 3 aliphatic rings. The van der Waals surface area contributed by atoms with Crippen molar-refractivity contribution in [1.29, 1.82) is 0 Å². The average Bonchev–Trinajstić information content (AvgIpc) is 3.45. The lowest BCUT2D eigenvalue weighted by atomic mass is 10.1. The molecule has 26 heavy (non-hydrogen) atoms. The lowest BCUT2D eigenvalue weighted by molar-refractivity contribution is 0.0693. The maximum Gasteiger partial charge on any atom is 0.261 e. The summed E-state index contributed by atoms with van der Waals surface area (Å²) >= 11 is 0. The van der Waals surface area contributed by atoms with Gasteiger partial charge in [-0.1, -0.05) is 0 Å². The van der Waals surface area contributed by atoms with Crippen LogP contribution in [0.4, 0.5) is 0 Å². The smallest absolute Gasteiger partial charge is 0.261 e. The first kappa shape index (κ1) is 17.6. The van der Waals surface area contributed by atoms with Crippen molar-refractivity contribution in [1.82, 2.24) is 14.5 Å². The van der Waals surface area contributed by atoms with Crippen LogP contribution in [0.15, 0.2) is 23.1 Å². The van der Waals surface area contributed by atoms with E-state index < -0.39 is 21.8 Å². The third kappa shape index (κ3) is 3.06. The van der Waals surface area contributed by atoms with Gasteiger partial charge in [0, 0.05) is 26.2 Å². The Morgan fingerprint density at radius 1 is 1.04 bits per heavy atom. The topological polar surface area (TPSA) is 86.8 Å². The normalized spacial score (nSPS) is 22.1. The number of fused-ring (bicyclic) bond motifs is 1. The van der Waals surface area contributed by atoms with Crippen LogP contribution in [0.1, 0.15) is 46.4 Å². The largest absolute Gasteiger partial charge is 0.314 e. The van der Waals surface area contributed by atoms with Crippen molar-refractivity contribution in [3.63, 3.8) is 0 Å². The first-order valence-electron chi connectivity index (χ1n) is 9.08. The second kappa shape index (κ2) is 6.44. The highest BCUT2D eigenvalue weighted by Crippen LogP contribution is 2.29. The van der Waals surface area contributed by atoms with Crippen molar-refractivity contribution in [2.45, 2.75) is 36.6 Å². The van der Waals surface area contributed by atoms with Crippen LogP contribution in [0.25, 0.3) is 0 Å². The number of carbonyl (C=O) groups is 2. The van der Waals surface area contributed by atoms with E-state index in [1.165, 1.54) is 42.4 Å². The lowest BCUT2D eigenvalue weighted by Gasteiger charge is -2.31. The molecule has 8 heteroatoms. The number of hydrogen-bond acceptors (Lipinski definition) is 5. The Bertz CT molecular complexity index is 855. The molecular formula is C18H23N3O4S. The van der Waals surface area contributed by atoms with Gasteiger partial charge in [-0.15, -0.1) is 0 Å². The van der Waals surface area contributed by atoms with Gasteiger partial charge in [-0.05, 0) is 56.3 Å². The van der Waals surface area contributed by atoms with E-state index in [0.717, 1.165) is 30.2 Å².